The fourth-order valence-corrected chi connectivity index (χ4v) is 2.22. The first-order valence-corrected chi connectivity index (χ1v) is 7.33. The van der Waals surface area contributed by atoms with Crippen LogP contribution in [0.15, 0.2) is 18.2 Å². The van der Waals surface area contributed by atoms with E-state index in [2.05, 4.69) is 51.2 Å². The number of carbonyl (C=O) groups is 1. The van der Waals surface area contributed by atoms with Crippen molar-refractivity contribution in [3.63, 3.8) is 0 Å². The number of benzene rings is 1. The maximum atomic E-state index is 12.3. The van der Waals surface area contributed by atoms with E-state index in [1.807, 2.05) is 0 Å². The number of carbonyl (C=O) groups excluding carboxylic acids is 1. The summed E-state index contributed by atoms with van der Waals surface area (Å²) in [5, 5.41) is 3.08. The van der Waals surface area contributed by atoms with Gasteiger partial charge in [0, 0.05) is 12.1 Å². The van der Waals surface area contributed by atoms with E-state index >= 15 is 0 Å². The average molecular weight is 259 g/mol. The van der Waals surface area contributed by atoms with Crippen LogP contribution in [0.25, 0.3) is 0 Å². The highest BCUT2D eigenvalue weighted by Gasteiger charge is 2.23. The topological polar surface area (TPSA) is 29.1 Å². The fraction of sp³-hybridized carbons (Fsp3) is 0.588. The summed E-state index contributed by atoms with van der Waals surface area (Å²) in [6, 6.07) is 6.32. The van der Waals surface area contributed by atoms with Gasteiger partial charge in [0.15, 0.2) is 0 Å². The van der Waals surface area contributed by atoms with Gasteiger partial charge in [0.25, 0.3) is 5.91 Å². The van der Waals surface area contributed by atoms with Crippen LogP contribution in [0, 0.1) is 5.92 Å². The van der Waals surface area contributed by atoms with E-state index in [1.165, 1.54) is 18.4 Å². The predicted molar refractivity (Wildman–Crippen MR) is 79.6 cm³/mol. The van der Waals surface area contributed by atoms with Crippen LogP contribution in [0.2, 0.25) is 0 Å². The first-order chi connectivity index (χ1) is 8.91. The molecule has 1 N–H and O–H groups in total. The molecule has 0 saturated heterocycles. The van der Waals surface area contributed by atoms with E-state index < -0.39 is 0 Å². The van der Waals surface area contributed by atoms with Crippen molar-refractivity contribution >= 4 is 5.91 Å². The lowest BCUT2D eigenvalue weighted by Crippen LogP contribution is -2.27. The summed E-state index contributed by atoms with van der Waals surface area (Å²) in [6.45, 7) is 9.48. The van der Waals surface area contributed by atoms with E-state index in [0.29, 0.717) is 0 Å². The van der Waals surface area contributed by atoms with E-state index in [9.17, 15) is 4.79 Å². The van der Waals surface area contributed by atoms with Crippen molar-refractivity contribution in [3.05, 3.63) is 34.9 Å². The Kier molecular flexibility index (Phi) is 3.98. The van der Waals surface area contributed by atoms with Crippen molar-refractivity contribution < 1.29 is 4.79 Å². The summed E-state index contributed by atoms with van der Waals surface area (Å²) < 4.78 is 0. The maximum absolute atomic E-state index is 12.3. The highest BCUT2D eigenvalue weighted by molar-refractivity contribution is 5.96. The Bertz CT molecular complexity index is 467. The molecule has 0 radical (unpaired) electrons. The second-order valence-electron chi connectivity index (χ2n) is 6.63. The standard InChI is InChI=1S/C17H25NO/c1-5-13-8-9-14(17(2,3)4)10-15(13)16(19)18-11-12-6-7-12/h8-10,12H,5-7,11H2,1-4H3,(H,18,19). The van der Waals surface area contributed by atoms with Gasteiger partial charge in [0.1, 0.15) is 0 Å². The van der Waals surface area contributed by atoms with Crippen LogP contribution in [-0.4, -0.2) is 12.5 Å². The smallest absolute Gasteiger partial charge is 0.251 e. The minimum atomic E-state index is 0.0811. The Balaban J connectivity index is 2.21. The van der Waals surface area contributed by atoms with Gasteiger partial charge in [-0.25, -0.2) is 0 Å². The first kappa shape index (κ1) is 14.1. The number of nitrogens with one attached hydrogen (secondary N) is 1. The molecule has 1 aromatic rings. The zero-order chi connectivity index (χ0) is 14.0. The molecule has 1 aliphatic rings. The van der Waals surface area contributed by atoms with Gasteiger partial charge in [-0.1, -0.05) is 39.8 Å². The monoisotopic (exact) mass is 259 g/mol. The number of amides is 1. The zero-order valence-corrected chi connectivity index (χ0v) is 12.5. The molecule has 1 saturated carbocycles. The van der Waals surface area contributed by atoms with Crippen molar-refractivity contribution in [3.8, 4) is 0 Å². The second-order valence-corrected chi connectivity index (χ2v) is 6.63. The number of rotatable bonds is 4. The van der Waals surface area contributed by atoms with Gasteiger partial charge < -0.3 is 5.32 Å². The van der Waals surface area contributed by atoms with Crippen LogP contribution in [0.1, 0.15) is 62.0 Å². The lowest BCUT2D eigenvalue weighted by Gasteiger charge is -2.21. The molecule has 2 nitrogen and oxygen atoms in total. The van der Waals surface area contributed by atoms with E-state index in [1.54, 1.807) is 0 Å². The third-order valence-electron chi connectivity index (χ3n) is 3.85. The number of hydrogen-bond acceptors (Lipinski definition) is 1. The van der Waals surface area contributed by atoms with Crippen molar-refractivity contribution in [2.45, 2.75) is 52.4 Å². The third-order valence-corrected chi connectivity index (χ3v) is 3.85. The summed E-state index contributed by atoms with van der Waals surface area (Å²) in [7, 11) is 0. The third kappa shape index (κ3) is 3.59. The van der Waals surface area contributed by atoms with Gasteiger partial charge in [-0.15, -0.1) is 0 Å². The molecule has 0 spiro atoms. The highest BCUT2D eigenvalue weighted by atomic mass is 16.1. The molecule has 2 heteroatoms. The Labute approximate surface area is 116 Å². The van der Waals surface area contributed by atoms with E-state index in [0.717, 1.165) is 30.0 Å². The first-order valence-electron chi connectivity index (χ1n) is 7.33. The Morgan fingerprint density at radius 1 is 1.32 bits per heavy atom. The highest BCUT2D eigenvalue weighted by Crippen LogP contribution is 2.28. The summed E-state index contributed by atoms with van der Waals surface area (Å²) in [5.74, 6) is 0.815. The number of hydrogen-bond donors (Lipinski definition) is 1. The second kappa shape index (κ2) is 5.36. The Morgan fingerprint density at radius 3 is 2.53 bits per heavy atom. The summed E-state index contributed by atoms with van der Waals surface area (Å²) in [4.78, 5) is 12.3. The molecule has 0 heterocycles. The van der Waals surface area contributed by atoms with Gasteiger partial charge in [0.2, 0.25) is 0 Å². The Morgan fingerprint density at radius 2 is 2.00 bits per heavy atom. The molecule has 0 aromatic heterocycles. The largest absolute Gasteiger partial charge is 0.352 e. The van der Waals surface area contributed by atoms with E-state index in [-0.39, 0.29) is 11.3 Å². The molecule has 0 aliphatic heterocycles. The molecule has 1 aromatic carbocycles. The molecule has 1 amide bonds. The van der Waals surface area contributed by atoms with Crippen molar-refractivity contribution in [2.24, 2.45) is 5.92 Å². The van der Waals surface area contributed by atoms with E-state index in [4.69, 9.17) is 0 Å². The van der Waals surface area contributed by atoms with Gasteiger partial charge in [-0.2, -0.15) is 0 Å². The summed E-state index contributed by atoms with van der Waals surface area (Å²) >= 11 is 0. The lowest BCUT2D eigenvalue weighted by molar-refractivity contribution is 0.0951. The lowest BCUT2D eigenvalue weighted by atomic mass is 9.85. The fourth-order valence-electron chi connectivity index (χ4n) is 2.22. The quantitative estimate of drug-likeness (QED) is 0.878. The van der Waals surface area contributed by atoms with Crippen LogP contribution >= 0.6 is 0 Å². The van der Waals surface area contributed by atoms with Gasteiger partial charge in [-0.3, -0.25) is 4.79 Å². The van der Waals surface area contributed by atoms with Crippen molar-refractivity contribution in [1.82, 2.24) is 5.32 Å². The molecule has 19 heavy (non-hydrogen) atoms. The van der Waals surface area contributed by atoms with Crippen molar-refractivity contribution in [2.75, 3.05) is 6.54 Å². The molecule has 0 atom stereocenters. The number of aryl methyl sites for hydroxylation is 1. The minimum absolute atomic E-state index is 0.0811. The Hall–Kier alpha value is -1.31. The van der Waals surface area contributed by atoms with Crippen LogP contribution < -0.4 is 5.32 Å². The van der Waals surface area contributed by atoms with Crippen LogP contribution in [0.4, 0.5) is 0 Å². The van der Waals surface area contributed by atoms with Gasteiger partial charge in [0.05, 0.1) is 0 Å². The molecule has 104 valence electrons. The summed E-state index contributed by atoms with van der Waals surface area (Å²) in [6.07, 6.45) is 3.43. The van der Waals surface area contributed by atoms with Crippen molar-refractivity contribution in [1.29, 1.82) is 0 Å². The zero-order valence-electron chi connectivity index (χ0n) is 12.5. The SMILES string of the molecule is CCc1ccc(C(C)(C)C)cc1C(=O)NCC1CC1. The van der Waals surface area contributed by atoms with Crippen LogP contribution in [0.5, 0.6) is 0 Å². The average Bonchev–Trinajstić information content (AvgIpc) is 3.18. The molecular weight excluding hydrogens is 234 g/mol. The molecule has 0 unspecified atom stereocenters. The van der Waals surface area contributed by atoms with Crippen LogP contribution in [0.3, 0.4) is 0 Å². The van der Waals surface area contributed by atoms with Gasteiger partial charge in [-0.05, 0) is 47.8 Å². The molecule has 1 aliphatic carbocycles. The predicted octanol–water partition coefficient (Wildman–Crippen LogP) is 3.69. The molecule has 1 fully saturated rings. The molecule has 2 rings (SSSR count). The minimum Gasteiger partial charge on any atom is -0.352 e. The van der Waals surface area contributed by atoms with Crippen LogP contribution in [-0.2, 0) is 11.8 Å². The maximum Gasteiger partial charge on any atom is 0.251 e. The van der Waals surface area contributed by atoms with Gasteiger partial charge >= 0.3 is 0 Å². The normalized spacial score (nSPS) is 15.4. The summed E-state index contributed by atoms with van der Waals surface area (Å²) in [5.41, 5.74) is 3.30. The molecule has 0 bridgehead atoms. The molecular formula is C17H25NO.